The second-order valence-corrected chi connectivity index (χ2v) is 4.06. The largest absolute Gasteiger partial charge is 0.396 e. The van der Waals surface area contributed by atoms with Crippen molar-refractivity contribution in [2.45, 2.75) is 13.0 Å². The van der Waals surface area contributed by atoms with Crippen LogP contribution in [-0.2, 0) is 6.54 Å². The molecule has 0 bridgehead atoms. The van der Waals surface area contributed by atoms with E-state index in [1.807, 2.05) is 35.5 Å². The van der Waals surface area contributed by atoms with E-state index in [0.29, 0.717) is 6.42 Å². The molecule has 0 fully saturated rings. The van der Waals surface area contributed by atoms with Crippen LogP contribution in [0.5, 0.6) is 0 Å². The molecule has 0 amide bonds. The predicted molar refractivity (Wildman–Crippen MR) is 63.1 cm³/mol. The molecule has 86 valence electrons. The molecule has 2 rings (SSSR count). The van der Waals surface area contributed by atoms with Gasteiger partial charge in [-0.05, 0) is 17.7 Å². The Hall–Kier alpha value is -1.23. The zero-order valence-corrected chi connectivity index (χ0v) is 9.54. The van der Waals surface area contributed by atoms with Crippen molar-refractivity contribution in [1.29, 1.82) is 0 Å². The van der Waals surface area contributed by atoms with Gasteiger partial charge in [0, 0.05) is 29.9 Å². The lowest BCUT2D eigenvalue weighted by molar-refractivity contribution is 0.259. The van der Waals surface area contributed by atoms with Crippen LogP contribution in [-0.4, -0.2) is 16.7 Å². The molecule has 4 nitrogen and oxygen atoms in total. The van der Waals surface area contributed by atoms with Crippen LogP contribution in [0.4, 0.5) is 0 Å². The van der Waals surface area contributed by atoms with Gasteiger partial charge in [0.25, 0.3) is 0 Å². The number of aliphatic hydroxyl groups excluding tert-OH is 1. The van der Waals surface area contributed by atoms with Crippen molar-refractivity contribution in [3.05, 3.63) is 46.7 Å². The molecule has 0 spiro atoms. The highest BCUT2D eigenvalue weighted by atomic mass is 35.5. The SMILES string of the molecule is OCCC1=CN(Cc2cccc(Cl)c2)NN1. The number of aliphatic hydroxyl groups is 1. The standard InChI is InChI=1S/C11H14ClN3O/c12-10-3-1-2-9(6-10)7-15-8-11(4-5-16)13-14-15/h1-3,6,8,13-14,16H,4-5,7H2. The smallest absolute Gasteiger partial charge is 0.0607 e. The third kappa shape index (κ3) is 2.88. The van der Waals surface area contributed by atoms with E-state index in [9.17, 15) is 0 Å². The summed E-state index contributed by atoms with van der Waals surface area (Å²) in [6.07, 6.45) is 2.57. The maximum absolute atomic E-state index is 8.79. The summed E-state index contributed by atoms with van der Waals surface area (Å²) < 4.78 is 0. The predicted octanol–water partition coefficient (Wildman–Crippen LogP) is 1.39. The van der Waals surface area contributed by atoms with E-state index in [-0.39, 0.29) is 6.61 Å². The first-order valence-corrected chi connectivity index (χ1v) is 5.50. The molecule has 16 heavy (non-hydrogen) atoms. The fourth-order valence-electron chi connectivity index (χ4n) is 1.56. The lowest BCUT2D eigenvalue weighted by Crippen LogP contribution is -2.36. The number of benzene rings is 1. The van der Waals surface area contributed by atoms with E-state index in [4.69, 9.17) is 16.7 Å². The third-order valence-corrected chi connectivity index (χ3v) is 2.53. The van der Waals surface area contributed by atoms with Crippen LogP contribution in [0.15, 0.2) is 36.2 Å². The fraction of sp³-hybridized carbons (Fsp3) is 0.273. The zero-order valence-electron chi connectivity index (χ0n) is 8.78. The van der Waals surface area contributed by atoms with Crippen LogP contribution in [0, 0.1) is 0 Å². The summed E-state index contributed by atoms with van der Waals surface area (Å²) in [5.74, 6) is 0. The van der Waals surface area contributed by atoms with Gasteiger partial charge in [0.1, 0.15) is 0 Å². The van der Waals surface area contributed by atoms with E-state index in [1.165, 1.54) is 0 Å². The van der Waals surface area contributed by atoms with E-state index in [2.05, 4.69) is 11.0 Å². The Morgan fingerprint density at radius 3 is 3.00 bits per heavy atom. The molecule has 5 heteroatoms. The van der Waals surface area contributed by atoms with Crippen LogP contribution in [0.3, 0.4) is 0 Å². The Bertz CT molecular complexity index is 395. The van der Waals surface area contributed by atoms with Crippen LogP contribution >= 0.6 is 11.6 Å². The third-order valence-electron chi connectivity index (χ3n) is 2.29. The lowest BCUT2D eigenvalue weighted by Gasteiger charge is -2.15. The Labute approximate surface area is 99.5 Å². The molecular formula is C11H14ClN3O. The van der Waals surface area contributed by atoms with Crippen LogP contribution < -0.4 is 11.0 Å². The van der Waals surface area contributed by atoms with Crippen LogP contribution in [0.2, 0.25) is 5.02 Å². The maximum atomic E-state index is 8.79. The molecule has 0 saturated carbocycles. The van der Waals surface area contributed by atoms with Gasteiger partial charge in [-0.3, -0.25) is 5.01 Å². The highest BCUT2D eigenvalue weighted by molar-refractivity contribution is 6.30. The van der Waals surface area contributed by atoms with E-state index >= 15 is 0 Å². The summed E-state index contributed by atoms with van der Waals surface area (Å²) in [6.45, 7) is 0.869. The van der Waals surface area contributed by atoms with Gasteiger partial charge in [0.05, 0.1) is 6.54 Å². The van der Waals surface area contributed by atoms with Crippen molar-refractivity contribution in [3.8, 4) is 0 Å². The lowest BCUT2D eigenvalue weighted by atomic mass is 10.2. The molecule has 1 aliphatic heterocycles. The Morgan fingerprint density at radius 1 is 1.38 bits per heavy atom. The van der Waals surface area contributed by atoms with Crippen LogP contribution in [0.1, 0.15) is 12.0 Å². The summed E-state index contributed by atoms with van der Waals surface area (Å²) in [4.78, 5) is 0. The van der Waals surface area contributed by atoms with Gasteiger partial charge in [-0.25, -0.2) is 0 Å². The summed E-state index contributed by atoms with van der Waals surface area (Å²) in [5, 5.41) is 11.4. The molecule has 1 heterocycles. The molecule has 0 atom stereocenters. The van der Waals surface area contributed by atoms with Gasteiger partial charge in [0.2, 0.25) is 0 Å². The highest BCUT2D eigenvalue weighted by Crippen LogP contribution is 2.13. The van der Waals surface area contributed by atoms with Crippen molar-refractivity contribution in [3.63, 3.8) is 0 Å². The van der Waals surface area contributed by atoms with Gasteiger partial charge in [-0.2, -0.15) is 0 Å². The molecule has 1 aliphatic rings. The van der Waals surface area contributed by atoms with Crippen molar-refractivity contribution < 1.29 is 5.11 Å². The zero-order chi connectivity index (χ0) is 11.4. The molecule has 0 radical (unpaired) electrons. The van der Waals surface area contributed by atoms with Crippen molar-refractivity contribution in [1.82, 2.24) is 16.0 Å². The minimum absolute atomic E-state index is 0.144. The van der Waals surface area contributed by atoms with Gasteiger partial charge >= 0.3 is 0 Å². The average Bonchev–Trinajstić information content (AvgIpc) is 2.66. The van der Waals surface area contributed by atoms with Crippen molar-refractivity contribution in [2.75, 3.05) is 6.61 Å². The first-order chi connectivity index (χ1) is 7.78. The Balaban J connectivity index is 1.96. The number of hydrazine groups is 2. The quantitative estimate of drug-likeness (QED) is 0.743. The van der Waals surface area contributed by atoms with Gasteiger partial charge in [0.15, 0.2) is 0 Å². The first kappa shape index (κ1) is 11.3. The molecule has 0 saturated heterocycles. The molecule has 0 unspecified atom stereocenters. The van der Waals surface area contributed by atoms with Gasteiger partial charge in [-0.1, -0.05) is 23.7 Å². The topological polar surface area (TPSA) is 47.5 Å². The molecule has 1 aromatic rings. The number of rotatable bonds is 4. The minimum Gasteiger partial charge on any atom is -0.396 e. The van der Waals surface area contributed by atoms with E-state index < -0.39 is 0 Å². The second kappa shape index (κ2) is 5.21. The summed E-state index contributed by atoms with van der Waals surface area (Å²) in [7, 11) is 0. The molecule has 0 aliphatic carbocycles. The fourth-order valence-corrected chi connectivity index (χ4v) is 1.77. The van der Waals surface area contributed by atoms with Gasteiger partial charge < -0.3 is 10.5 Å². The molecule has 3 N–H and O–H groups in total. The van der Waals surface area contributed by atoms with E-state index in [1.54, 1.807) is 0 Å². The normalized spacial score (nSPS) is 14.9. The molecule has 0 aromatic heterocycles. The number of hydrogen-bond donors (Lipinski definition) is 3. The molecular weight excluding hydrogens is 226 g/mol. The summed E-state index contributed by atoms with van der Waals surface area (Å²) >= 11 is 5.91. The number of nitrogens with one attached hydrogen (secondary N) is 2. The van der Waals surface area contributed by atoms with Crippen molar-refractivity contribution in [2.24, 2.45) is 0 Å². The van der Waals surface area contributed by atoms with Gasteiger partial charge in [-0.15, -0.1) is 5.53 Å². The highest BCUT2D eigenvalue weighted by Gasteiger charge is 2.10. The van der Waals surface area contributed by atoms with Crippen LogP contribution in [0.25, 0.3) is 0 Å². The summed E-state index contributed by atoms with van der Waals surface area (Å²) in [6, 6.07) is 7.74. The minimum atomic E-state index is 0.144. The number of nitrogens with zero attached hydrogens (tertiary/aromatic N) is 1. The Kier molecular flexibility index (Phi) is 3.66. The monoisotopic (exact) mass is 239 g/mol. The average molecular weight is 240 g/mol. The summed E-state index contributed by atoms with van der Waals surface area (Å²) in [5.41, 5.74) is 8.09. The molecule has 1 aromatic carbocycles. The first-order valence-electron chi connectivity index (χ1n) is 5.12. The number of halogens is 1. The Morgan fingerprint density at radius 2 is 2.25 bits per heavy atom. The van der Waals surface area contributed by atoms with Crippen molar-refractivity contribution >= 4 is 11.6 Å². The number of hydrogen-bond acceptors (Lipinski definition) is 4. The second-order valence-electron chi connectivity index (χ2n) is 3.62. The van der Waals surface area contributed by atoms with E-state index in [0.717, 1.165) is 22.8 Å². The maximum Gasteiger partial charge on any atom is 0.0607 e.